The number of nitrogens with one attached hydrogen (secondary N) is 2. The van der Waals surface area contributed by atoms with Gasteiger partial charge >= 0.3 is 0 Å². The maximum Gasteiger partial charge on any atom is 0.251 e. The first-order valence-corrected chi connectivity index (χ1v) is 11.5. The van der Waals surface area contributed by atoms with Crippen molar-refractivity contribution in [2.75, 3.05) is 24.6 Å². The van der Waals surface area contributed by atoms with Crippen LogP contribution in [0.5, 0.6) is 0 Å². The third kappa shape index (κ3) is 4.84. The Morgan fingerprint density at radius 1 is 1.06 bits per heavy atom. The highest BCUT2D eigenvalue weighted by Crippen LogP contribution is 2.32. The molecule has 2 saturated heterocycles. The zero-order chi connectivity index (χ0) is 22.5. The molecule has 0 bridgehead atoms. The Bertz CT molecular complexity index is 928. The van der Waals surface area contributed by atoms with Crippen LogP contribution >= 0.6 is 0 Å². The van der Waals surface area contributed by atoms with Gasteiger partial charge in [-0.2, -0.15) is 0 Å². The average molecular weight is 439 g/mol. The summed E-state index contributed by atoms with van der Waals surface area (Å²) >= 11 is 0. The third-order valence-corrected chi connectivity index (χ3v) is 6.46. The van der Waals surface area contributed by atoms with Gasteiger partial charge in [0.05, 0.1) is 17.5 Å². The molecule has 2 N–H and O–H groups in total. The Morgan fingerprint density at radius 3 is 2.72 bits per heavy atom. The van der Waals surface area contributed by atoms with Crippen molar-refractivity contribution < 1.29 is 19.2 Å². The fourth-order valence-corrected chi connectivity index (χ4v) is 4.62. The minimum atomic E-state index is -0.368. The van der Waals surface area contributed by atoms with Crippen molar-refractivity contribution in [2.45, 2.75) is 44.9 Å². The number of hydrogen-bond acceptors (Lipinski definition) is 4. The molecule has 1 aromatic rings. The fraction of sp³-hybridized carbons (Fsp3) is 0.500. The normalized spacial score (nSPS) is 23.4. The Kier molecular flexibility index (Phi) is 6.87. The zero-order valence-corrected chi connectivity index (χ0v) is 18.2. The first-order valence-electron chi connectivity index (χ1n) is 11.5. The standard InChI is InChI=1S/C24H30N4O4/c29-21-12-2-1-5-14-27(21)15-7-13-25-22(30)17-8-6-9-18(16-17)28-24(32)20-11-4-3-10-19(20)23(31)26-28/h3-4,6,8-9,16,19-20H,1-2,5,7,10-15H2,(H,25,30)(H,26,31)/t19-,20+/m1/s1. The minimum absolute atomic E-state index is 0.154. The van der Waals surface area contributed by atoms with Crippen molar-refractivity contribution in [1.29, 1.82) is 0 Å². The number of benzene rings is 1. The molecule has 0 unspecified atom stereocenters. The Morgan fingerprint density at radius 2 is 1.88 bits per heavy atom. The summed E-state index contributed by atoms with van der Waals surface area (Å²) in [6.45, 7) is 1.90. The summed E-state index contributed by atoms with van der Waals surface area (Å²) in [6, 6.07) is 6.70. The van der Waals surface area contributed by atoms with E-state index in [0.717, 1.165) is 25.8 Å². The van der Waals surface area contributed by atoms with Crippen molar-refractivity contribution in [3.63, 3.8) is 0 Å². The molecule has 8 heteroatoms. The molecule has 2 fully saturated rings. The van der Waals surface area contributed by atoms with Crippen molar-refractivity contribution in [1.82, 2.24) is 15.6 Å². The van der Waals surface area contributed by atoms with Gasteiger partial charge in [-0.15, -0.1) is 0 Å². The lowest BCUT2D eigenvalue weighted by atomic mass is 9.80. The number of allylic oxidation sites excluding steroid dienone is 2. The molecule has 2 atom stereocenters. The highest BCUT2D eigenvalue weighted by Gasteiger charge is 2.42. The predicted molar refractivity (Wildman–Crippen MR) is 119 cm³/mol. The predicted octanol–water partition coefficient (Wildman–Crippen LogP) is 2.17. The lowest BCUT2D eigenvalue weighted by Gasteiger charge is -2.38. The molecule has 8 nitrogen and oxygen atoms in total. The second-order valence-electron chi connectivity index (χ2n) is 8.66. The highest BCUT2D eigenvalue weighted by molar-refractivity contribution is 6.05. The Balaban J connectivity index is 1.33. The van der Waals surface area contributed by atoms with Crippen molar-refractivity contribution in [3.8, 4) is 0 Å². The second kappa shape index (κ2) is 9.97. The van der Waals surface area contributed by atoms with Gasteiger partial charge in [-0.1, -0.05) is 24.6 Å². The number of fused-ring (bicyclic) bond motifs is 1. The Labute approximate surface area is 188 Å². The highest BCUT2D eigenvalue weighted by atomic mass is 16.2. The summed E-state index contributed by atoms with van der Waals surface area (Å²) in [6.07, 6.45) is 9.39. The lowest BCUT2D eigenvalue weighted by Crippen LogP contribution is -2.59. The van der Waals surface area contributed by atoms with Gasteiger partial charge in [-0.05, 0) is 50.3 Å². The van der Waals surface area contributed by atoms with E-state index in [-0.39, 0.29) is 35.5 Å². The van der Waals surface area contributed by atoms with E-state index in [1.165, 1.54) is 5.01 Å². The number of rotatable bonds is 6. The average Bonchev–Trinajstić information content (AvgIpc) is 3.03. The van der Waals surface area contributed by atoms with Crippen LogP contribution in [0.2, 0.25) is 0 Å². The van der Waals surface area contributed by atoms with E-state index >= 15 is 0 Å². The molecule has 1 aromatic carbocycles. The minimum Gasteiger partial charge on any atom is -0.352 e. The number of hydrazine groups is 1. The van der Waals surface area contributed by atoms with Crippen LogP contribution in [0.3, 0.4) is 0 Å². The first-order chi connectivity index (χ1) is 15.5. The van der Waals surface area contributed by atoms with Gasteiger partial charge in [0, 0.05) is 31.6 Å². The smallest absolute Gasteiger partial charge is 0.251 e. The van der Waals surface area contributed by atoms with Gasteiger partial charge in [-0.3, -0.25) is 24.6 Å². The van der Waals surface area contributed by atoms with E-state index in [9.17, 15) is 19.2 Å². The van der Waals surface area contributed by atoms with Crippen LogP contribution in [-0.2, 0) is 14.4 Å². The molecule has 0 spiro atoms. The molecule has 4 rings (SSSR count). The monoisotopic (exact) mass is 438 g/mol. The molecule has 3 aliphatic rings. The number of amides is 4. The molecule has 170 valence electrons. The van der Waals surface area contributed by atoms with E-state index in [0.29, 0.717) is 50.0 Å². The van der Waals surface area contributed by atoms with Gasteiger partial charge in [0.2, 0.25) is 17.7 Å². The lowest BCUT2D eigenvalue weighted by molar-refractivity contribution is -0.140. The van der Waals surface area contributed by atoms with Crippen LogP contribution in [0.4, 0.5) is 5.69 Å². The Hall–Kier alpha value is -3.16. The van der Waals surface area contributed by atoms with Crippen molar-refractivity contribution in [2.24, 2.45) is 11.8 Å². The van der Waals surface area contributed by atoms with E-state index in [2.05, 4.69) is 10.7 Å². The SMILES string of the molecule is O=C(NCCCN1CCCCCC1=O)c1cccc(N2NC(=O)[C@@H]3CC=CC[C@@H]3C2=O)c1. The molecule has 2 aliphatic heterocycles. The number of likely N-dealkylation sites (tertiary alicyclic amines) is 1. The van der Waals surface area contributed by atoms with Gasteiger partial charge in [0.25, 0.3) is 5.91 Å². The molecule has 0 radical (unpaired) electrons. The number of carbonyl (C=O) groups excluding carboxylic acids is 4. The number of carbonyl (C=O) groups is 4. The van der Waals surface area contributed by atoms with Gasteiger partial charge in [0.1, 0.15) is 0 Å². The topological polar surface area (TPSA) is 98.8 Å². The van der Waals surface area contributed by atoms with Gasteiger partial charge < -0.3 is 10.2 Å². The van der Waals surface area contributed by atoms with Crippen LogP contribution in [-0.4, -0.2) is 48.2 Å². The van der Waals surface area contributed by atoms with E-state index in [1.54, 1.807) is 24.3 Å². The number of hydrogen-bond donors (Lipinski definition) is 2. The molecular formula is C24H30N4O4. The maximum atomic E-state index is 12.9. The van der Waals surface area contributed by atoms with E-state index in [1.807, 2.05) is 17.1 Å². The van der Waals surface area contributed by atoms with Gasteiger partial charge in [0.15, 0.2) is 0 Å². The summed E-state index contributed by atoms with van der Waals surface area (Å²) < 4.78 is 0. The number of nitrogens with zero attached hydrogens (tertiary/aromatic N) is 2. The molecule has 2 heterocycles. The van der Waals surface area contributed by atoms with Crippen LogP contribution in [0.15, 0.2) is 36.4 Å². The second-order valence-corrected chi connectivity index (χ2v) is 8.66. The quantitative estimate of drug-likeness (QED) is 0.525. The van der Waals surface area contributed by atoms with Crippen molar-refractivity contribution >= 4 is 29.3 Å². The number of anilines is 1. The molecule has 1 aliphatic carbocycles. The molecular weight excluding hydrogens is 408 g/mol. The summed E-state index contributed by atoms with van der Waals surface area (Å²) in [5, 5.41) is 4.16. The fourth-order valence-electron chi connectivity index (χ4n) is 4.62. The van der Waals surface area contributed by atoms with Crippen LogP contribution in [0, 0.1) is 11.8 Å². The molecule has 32 heavy (non-hydrogen) atoms. The van der Waals surface area contributed by atoms with E-state index < -0.39 is 0 Å². The van der Waals surface area contributed by atoms with Crippen LogP contribution < -0.4 is 15.8 Å². The largest absolute Gasteiger partial charge is 0.352 e. The first kappa shape index (κ1) is 22.0. The van der Waals surface area contributed by atoms with Gasteiger partial charge in [-0.25, -0.2) is 5.01 Å². The molecule has 0 saturated carbocycles. The van der Waals surface area contributed by atoms with Crippen LogP contribution in [0.25, 0.3) is 0 Å². The summed E-state index contributed by atoms with van der Waals surface area (Å²) in [5.41, 5.74) is 3.58. The maximum absolute atomic E-state index is 12.9. The van der Waals surface area contributed by atoms with E-state index in [4.69, 9.17) is 0 Å². The zero-order valence-electron chi connectivity index (χ0n) is 18.2. The third-order valence-electron chi connectivity index (χ3n) is 6.46. The summed E-state index contributed by atoms with van der Waals surface area (Å²) in [4.78, 5) is 52.0. The van der Waals surface area contributed by atoms with Crippen LogP contribution in [0.1, 0.15) is 55.3 Å². The molecule has 0 aromatic heterocycles. The summed E-state index contributed by atoms with van der Waals surface area (Å²) in [5.74, 6) is -1.07. The summed E-state index contributed by atoms with van der Waals surface area (Å²) in [7, 11) is 0. The molecule has 4 amide bonds. The van der Waals surface area contributed by atoms with Crippen molar-refractivity contribution in [3.05, 3.63) is 42.0 Å².